The van der Waals surface area contributed by atoms with Crippen LogP contribution in [0.2, 0.25) is 0 Å². The summed E-state index contributed by atoms with van der Waals surface area (Å²) in [6.45, 7) is 3.85. The number of aliphatic hydroxyl groups excluding tert-OH is 2. The van der Waals surface area contributed by atoms with E-state index < -0.39 is 12.2 Å². The van der Waals surface area contributed by atoms with E-state index in [-0.39, 0.29) is 0 Å². The molecule has 1 aromatic heterocycles. The highest BCUT2D eigenvalue weighted by Crippen LogP contribution is 2.20. The number of aliphatic hydroxyl groups is 2. The largest absolute Gasteiger partial charge is 0.392 e. The van der Waals surface area contributed by atoms with E-state index in [9.17, 15) is 10.2 Å². The fraction of sp³-hybridized carbons (Fsp3) is 0.417. The summed E-state index contributed by atoms with van der Waals surface area (Å²) in [5.41, 5.74) is 1.79. The monoisotopic (exact) mass is 220 g/mol. The summed E-state index contributed by atoms with van der Waals surface area (Å²) >= 11 is 0. The predicted molar refractivity (Wildman–Crippen MR) is 62.0 cm³/mol. The highest BCUT2D eigenvalue weighted by Gasteiger charge is 2.15. The molecule has 4 nitrogen and oxygen atoms in total. The number of nitrogens with zero attached hydrogens (tertiary/aromatic N) is 2. The van der Waals surface area contributed by atoms with Crippen LogP contribution in [0.1, 0.15) is 25.8 Å². The molecule has 0 radical (unpaired) electrons. The fourth-order valence-electron chi connectivity index (χ4n) is 1.87. The molecule has 16 heavy (non-hydrogen) atoms. The summed E-state index contributed by atoms with van der Waals surface area (Å²) in [4.78, 5) is 4.37. The van der Waals surface area contributed by atoms with Crippen LogP contribution in [0.4, 0.5) is 0 Å². The van der Waals surface area contributed by atoms with Crippen molar-refractivity contribution in [1.29, 1.82) is 0 Å². The summed E-state index contributed by atoms with van der Waals surface area (Å²) in [7, 11) is 0. The van der Waals surface area contributed by atoms with Crippen LogP contribution in [-0.4, -0.2) is 25.9 Å². The molecule has 86 valence electrons. The van der Waals surface area contributed by atoms with Crippen LogP contribution < -0.4 is 0 Å². The lowest BCUT2D eigenvalue weighted by Gasteiger charge is -2.12. The Morgan fingerprint density at radius 1 is 1.25 bits per heavy atom. The van der Waals surface area contributed by atoms with Gasteiger partial charge in [-0.3, -0.25) is 0 Å². The first-order chi connectivity index (χ1) is 7.59. The van der Waals surface area contributed by atoms with Gasteiger partial charge in [-0.15, -0.1) is 0 Å². The van der Waals surface area contributed by atoms with Gasteiger partial charge in [-0.05, 0) is 26.0 Å². The quantitative estimate of drug-likeness (QED) is 0.823. The van der Waals surface area contributed by atoms with Gasteiger partial charge >= 0.3 is 0 Å². The Morgan fingerprint density at radius 2 is 1.94 bits per heavy atom. The van der Waals surface area contributed by atoms with Crippen molar-refractivity contribution in [3.8, 4) is 0 Å². The van der Waals surface area contributed by atoms with Gasteiger partial charge in [-0.2, -0.15) is 0 Å². The van der Waals surface area contributed by atoms with Crippen molar-refractivity contribution in [3.63, 3.8) is 0 Å². The lowest BCUT2D eigenvalue weighted by molar-refractivity contribution is 0.156. The van der Waals surface area contributed by atoms with Gasteiger partial charge in [0, 0.05) is 0 Å². The number of hydrogen-bond donors (Lipinski definition) is 2. The molecular formula is C12H16N2O2. The second-order valence-corrected chi connectivity index (χ2v) is 4.09. The molecule has 0 bridgehead atoms. The normalized spacial score (nSPS) is 15.2. The molecule has 0 saturated carbocycles. The van der Waals surface area contributed by atoms with Gasteiger partial charge in [-0.1, -0.05) is 12.1 Å². The van der Waals surface area contributed by atoms with Gasteiger partial charge in [0.25, 0.3) is 0 Å². The predicted octanol–water partition coefficient (Wildman–Crippen LogP) is 1.47. The van der Waals surface area contributed by atoms with Gasteiger partial charge in [0.05, 0.1) is 23.7 Å². The molecule has 0 saturated heterocycles. The van der Waals surface area contributed by atoms with Gasteiger partial charge in [0.15, 0.2) is 0 Å². The van der Waals surface area contributed by atoms with Gasteiger partial charge < -0.3 is 14.8 Å². The number of para-hydroxylation sites is 2. The molecule has 1 aromatic carbocycles. The van der Waals surface area contributed by atoms with E-state index in [2.05, 4.69) is 4.98 Å². The molecule has 2 N–H and O–H groups in total. The summed E-state index contributed by atoms with van der Waals surface area (Å²) in [6, 6.07) is 7.68. The van der Waals surface area contributed by atoms with Crippen LogP contribution in [-0.2, 0) is 6.54 Å². The summed E-state index contributed by atoms with van der Waals surface area (Å²) in [5.74, 6) is 0.599. The lowest BCUT2D eigenvalue weighted by atomic mass is 10.3. The van der Waals surface area contributed by atoms with Crippen LogP contribution in [0, 0.1) is 0 Å². The molecule has 2 aromatic rings. The maximum absolute atomic E-state index is 9.65. The van der Waals surface area contributed by atoms with E-state index in [1.165, 1.54) is 0 Å². The van der Waals surface area contributed by atoms with Crippen LogP contribution in [0.15, 0.2) is 24.3 Å². The van der Waals surface area contributed by atoms with Crippen molar-refractivity contribution in [2.45, 2.75) is 32.6 Å². The zero-order chi connectivity index (χ0) is 11.7. The second-order valence-electron chi connectivity index (χ2n) is 4.09. The van der Waals surface area contributed by atoms with E-state index in [1.807, 2.05) is 28.8 Å². The first-order valence-electron chi connectivity index (χ1n) is 5.41. The Morgan fingerprint density at radius 3 is 2.56 bits per heavy atom. The smallest absolute Gasteiger partial charge is 0.138 e. The van der Waals surface area contributed by atoms with Crippen molar-refractivity contribution in [3.05, 3.63) is 30.1 Å². The molecule has 0 amide bonds. The molecule has 2 atom stereocenters. The van der Waals surface area contributed by atoms with Crippen molar-refractivity contribution >= 4 is 11.0 Å². The maximum Gasteiger partial charge on any atom is 0.138 e. The topological polar surface area (TPSA) is 58.3 Å². The standard InChI is InChI=1S/C12H16N2O2/c1-8(15)7-14-11-6-4-3-5-10(11)13-12(14)9(2)16/h3-6,8-9,15-16H,7H2,1-2H3. The first kappa shape index (κ1) is 11.1. The molecule has 2 unspecified atom stereocenters. The summed E-state index contributed by atoms with van der Waals surface area (Å²) in [6.07, 6.45) is -1.10. The molecule has 0 aliphatic rings. The van der Waals surface area contributed by atoms with E-state index in [0.717, 1.165) is 11.0 Å². The Kier molecular flexibility index (Phi) is 2.94. The Labute approximate surface area is 94.2 Å². The van der Waals surface area contributed by atoms with E-state index in [1.54, 1.807) is 13.8 Å². The van der Waals surface area contributed by atoms with E-state index in [0.29, 0.717) is 12.4 Å². The molecule has 1 heterocycles. The molecule has 0 aliphatic heterocycles. The zero-order valence-corrected chi connectivity index (χ0v) is 9.46. The molecule has 0 spiro atoms. The van der Waals surface area contributed by atoms with Gasteiger partial charge in [0.2, 0.25) is 0 Å². The Balaban J connectivity index is 2.60. The zero-order valence-electron chi connectivity index (χ0n) is 9.46. The first-order valence-corrected chi connectivity index (χ1v) is 5.41. The summed E-state index contributed by atoms with van der Waals surface area (Å²) in [5, 5.41) is 19.1. The van der Waals surface area contributed by atoms with E-state index >= 15 is 0 Å². The number of aromatic nitrogens is 2. The minimum Gasteiger partial charge on any atom is -0.392 e. The summed E-state index contributed by atoms with van der Waals surface area (Å²) < 4.78 is 1.87. The highest BCUT2D eigenvalue weighted by molar-refractivity contribution is 5.76. The Hall–Kier alpha value is -1.39. The van der Waals surface area contributed by atoms with Crippen molar-refractivity contribution in [1.82, 2.24) is 9.55 Å². The van der Waals surface area contributed by atoms with Crippen LogP contribution in [0.3, 0.4) is 0 Å². The van der Waals surface area contributed by atoms with E-state index in [4.69, 9.17) is 0 Å². The third-order valence-electron chi connectivity index (χ3n) is 2.50. The number of benzene rings is 1. The average Bonchev–Trinajstić information content (AvgIpc) is 2.57. The third kappa shape index (κ3) is 1.94. The Bertz CT molecular complexity index is 489. The van der Waals surface area contributed by atoms with Crippen LogP contribution >= 0.6 is 0 Å². The third-order valence-corrected chi connectivity index (χ3v) is 2.50. The molecular weight excluding hydrogens is 204 g/mol. The minimum absolute atomic E-state index is 0.445. The highest BCUT2D eigenvalue weighted by atomic mass is 16.3. The minimum atomic E-state index is -0.633. The van der Waals surface area contributed by atoms with Gasteiger partial charge in [-0.25, -0.2) is 4.98 Å². The SMILES string of the molecule is CC(O)Cn1c(C(C)O)nc2ccccc21. The van der Waals surface area contributed by atoms with Gasteiger partial charge in [0.1, 0.15) is 11.9 Å². The van der Waals surface area contributed by atoms with Crippen LogP contribution in [0.25, 0.3) is 11.0 Å². The number of fused-ring (bicyclic) bond motifs is 1. The lowest BCUT2D eigenvalue weighted by Crippen LogP contribution is -2.15. The van der Waals surface area contributed by atoms with Crippen molar-refractivity contribution in [2.24, 2.45) is 0 Å². The molecule has 0 fully saturated rings. The van der Waals surface area contributed by atoms with Crippen molar-refractivity contribution < 1.29 is 10.2 Å². The fourth-order valence-corrected chi connectivity index (χ4v) is 1.87. The number of hydrogen-bond acceptors (Lipinski definition) is 3. The van der Waals surface area contributed by atoms with Crippen LogP contribution in [0.5, 0.6) is 0 Å². The maximum atomic E-state index is 9.65. The molecule has 4 heteroatoms. The number of rotatable bonds is 3. The molecule has 2 rings (SSSR count). The van der Waals surface area contributed by atoms with Crippen molar-refractivity contribution in [2.75, 3.05) is 0 Å². The average molecular weight is 220 g/mol. The molecule has 0 aliphatic carbocycles. The second kappa shape index (κ2) is 4.23. The number of imidazole rings is 1.